The summed E-state index contributed by atoms with van der Waals surface area (Å²) in [5.41, 5.74) is 2.62. The molecule has 0 spiro atoms. The molecule has 6 nitrogen and oxygen atoms in total. The van der Waals surface area contributed by atoms with Gasteiger partial charge in [0.25, 0.3) is 0 Å². The number of anilines is 1. The molecule has 2 aromatic carbocycles. The first-order valence-corrected chi connectivity index (χ1v) is 8.69. The largest absolute Gasteiger partial charge is 0.497 e. The maximum atomic E-state index is 12.7. The fraction of sp³-hybridized carbons (Fsp3) is 0.350. The lowest BCUT2D eigenvalue weighted by Gasteiger charge is -2.23. The second kappa shape index (κ2) is 8.69. The van der Waals surface area contributed by atoms with Gasteiger partial charge in [-0.25, -0.2) is 4.79 Å². The number of nitrogens with one attached hydrogen (secondary N) is 1. The Hall–Kier alpha value is -2.57. The standard InChI is InChI=1S/C20H24N2O4/c1-25-17-6-4-5-16(11-17)18-7-2-3-8-19(18)21-20(24)22-9-10-26-14-15(12-22)13-23/h2-8,11,15,23H,9-10,12-14H2,1H3,(H,21,24). The second-order valence-corrected chi connectivity index (χ2v) is 6.28. The van der Waals surface area contributed by atoms with E-state index in [-0.39, 0.29) is 18.6 Å². The van der Waals surface area contributed by atoms with E-state index < -0.39 is 0 Å². The molecule has 6 heteroatoms. The zero-order chi connectivity index (χ0) is 18.4. The van der Waals surface area contributed by atoms with Crippen molar-refractivity contribution < 1.29 is 19.4 Å². The Balaban J connectivity index is 1.80. The molecule has 26 heavy (non-hydrogen) atoms. The van der Waals surface area contributed by atoms with Gasteiger partial charge in [-0.3, -0.25) is 0 Å². The summed E-state index contributed by atoms with van der Waals surface area (Å²) in [6.07, 6.45) is 0. The molecule has 2 amide bonds. The summed E-state index contributed by atoms with van der Waals surface area (Å²) in [6, 6.07) is 15.2. The number of aliphatic hydroxyl groups is 1. The number of para-hydroxylation sites is 1. The summed E-state index contributed by atoms with van der Waals surface area (Å²) in [5.74, 6) is 0.705. The van der Waals surface area contributed by atoms with Crippen LogP contribution in [0.3, 0.4) is 0 Å². The summed E-state index contributed by atoms with van der Waals surface area (Å²) >= 11 is 0. The summed E-state index contributed by atoms with van der Waals surface area (Å²) in [4.78, 5) is 14.4. The van der Waals surface area contributed by atoms with Crippen LogP contribution in [0.5, 0.6) is 5.75 Å². The van der Waals surface area contributed by atoms with Crippen LogP contribution in [-0.4, -0.2) is 56.1 Å². The van der Waals surface area contributed by atoms with Gasteiger partial charge in [0, 0.05) is 31.2 Å². The molecule has 0 radical (unpaired) electrons. The highest BCUT2D eigenvalue weighted by atomic mass is 16.5. The lowest BCUT2D eigenvalue weighted by Crippen LogP contribution is -2.39. The Morgan fingerprint density at radius 2 is 2.15 bits per heavy atom. The third-order valence-electron chi connectivity index (χ3n) is 4.43. The van der Waals surface area contributed by atoms with Crippen molar-refractivity contribution in [2.75, 3.05) is 45.3 Å². The first-order chi connectivity index (χ1) is 12.7. The molecule has 0 saturated carbocycles. The molecule has 3 rings (SSSR count). The van der Waals surface area contributed by atoms with Crippen LogP contribution in [0.4, 0.5) is 10.5 Å². The Morgan fingerprint density at radius 3 is 2.96 bits per heavy atom. The lowest BCUT2D eigenvalue weighted by molar-refractivity contribution is 0.0958. The molecule has 138 valence electrons. The van der Waals surface area contributed by atoms with Crippen molar-refractivity contribution in [1.82, 2.24) is 4.90 Å². The van der Waals surface area contributed by atoms with Gasteiger partial charge in [0.05, 0.1) is 26.0 Å². The molecule has 1 aliphatic heterocycles. The first-order valence-electron chi connectivity index (χ1n) is 8.69. The van der Waals surface area contributed by atoms with Crippen molar-refractivity contribution in [2.45, 2.75) is 0 Å². The number of methoxy groups -OCH3 is 1. The van der Waals surface area contributed by atoms with E-state index >= 15 is 0 Å². The topological polar surface area (TPSA) is 71.0 Å². The van der Waals surface area contributed by atoms with Gasteiger partial charge in [0.2, 0.25) is 0 Å². The van der Waals surface area contributed by atoms with Gasteiger partial charge in [0.1, 0.15) is 5.75 Å². The van der Waals surface area contributed by atoms with Crippen molar-refractivity contribution in [3.63, 3.8) is 0 Å². The minimum atomic E-state index is -0.190. The Labute approximate surface area is 153 Å². The van der Waals surface area contributed by atoms with Crippen LogP contribution in [0.25, 0.3) is 11.1 Å². The Bertz CT molecular complexity index is 750. The van der Waals surface area contributed by atoms with E-state index in [9.17, 15) is 9.90 Å². The van der Waals surface area contributed by atoms with Crippen LogP contribution in [0.1, 0.15) is 0 Å². The molecule has 0 aromatic heterocycles. The van der Waals surface area contributed by atoms with Gasteiger partial charge in [-0.1, -0.05) is 30.3 Å². The Kier molecular flexibility index (Phi) is 6.09. The van der Waals surface area contributed by atoms with Crippen LogP contribution in [0.2, 0.25) is 0 Å². The number of carbonyl (C=O) groups is 1. The number of benzene rings is 2. The number of rotatable bonds is 4. The third kappa shape index (κ3) is 4.33. The van der Waals surface area contributed by atoms with Crippen LogP contribution >= 0.6 is 0 Å². The lowest BCUT2D eigenvalue weighted by atomic mass is 10.0. The van der Waals surface area contributed by atoms with Crippen LogP contribution in [0.15, 0.2) is 48.5 Å². The molecule has 0 bridgehead atoms. The molecule has 1 unspecified atom stereocenters. The van der Waals surface area contributed by atoms with Gasteiger partial charge in [-0.15, -0.1) is 0 Å². The van der Waals surface area contributed by atoms with E-state index in [0.717, 1.165) is 22.6 Å². The van der Waals surface area contributed by atoms with E-state index in [0.29, 0.717) is 26.3 Å². The highest BCUT2D eigenvalue weighted by Crippen LogP contribution is 2.30. The zero-order valence-corrected chi connectivity index (χ0v) is 14.9. The fourth-order valence-electron chi connectivity index (χ4n) is 3.00. The summed E-state index contributed by atoms with van der Waals surface area (Å²) in [7, 11) is 1.63. The van der Waals surface area contributed by atoms with E-state index in [1.54, 1.807) is 12.0 Å². The maximum Gasteiger partial charge on any atom is 0.321 e. The van der Waals surface area contributed by atoms with Gasteiger partial charge < -0.3 is 24.8 Å². The third-order valence-corrected chi connectivity index (χ3v) is 4.43. The number of hydrogen-bond donors (Lipinski definition) is 2. The zero-order valence-electron chi connectivity index (χ0n) is 14.9. The van der Waals surface area contributed by atoms with Crippen molar-refractivity contribution in [1.29, 1.82) is 0 Å². The highest BCUT2D eigenvalue weighted by Gasteiger charge is 2.22. The molecule has 1 saturated heterocycles. The Morgan fingerprint density at radius 1 is 1.31 bits per heavy atom. The molecule has 2 aromatic rings. The molecule has 1 fully saturated rings. The summed E-state index contributed by atoms with van der Waals surface area (Å²) in [6.45, 7) is 1.93. The highest BCUT2D eigenvalue weighted by molar-refractivity contribution is 5.94. The fourth-order valence-corrected chi connectivity index (χ4v) is 3.00. The van der Waals surface area contributed by atoms with E-state index in [2.05, 4.69) is 5.32 Å². The van der Waals surface area contributed by atoms with Crippen molar-refractivity contribution in [3.05, 3.63) is 48.5 Å². The number of hydrogen-bond acceptors (Lipinski definition) is 4. The van der Waals surface area contributed by atoms with E-state index in [1.165, 1.54) is 0 Å². The second-order valence-electron chi connectivity index (χ2n) is 6.28. The maximum absolute atomic E-state index is 12.7. The number of carbonyl (C=O) groups excluding carboxylic acids is 1. The van der Waals surface area contributed by atoms with Crippen molar-refractivity contribution >= 4 is 11.7 Å². The van der Waals surface area contributed by atoms with Crippen molar-refractivity contribution in [2.24, 2.45) is 5.92 Å². The average molecular weight is 356 g/mol. The van der Waals surface area contributed by atoms with Gasteiger partial charge in [0.15, 0.2) is 0 Å². The summed E-state index contributed by atoms with van der Waals surface area (Å²) in [5, 5.41) is 12.4. The van der Waals surface area contributed by atoms with E-state index in [4.69, 9.17) is 9.47 Å². The molecular weight excluding hydrogens is 332 g/mol. The minimum absolute atomic E-state index is 0.00414. The molecule has 1 heterocycles. The summed E-state index contributed by atoms with van der Waals surface area (Å²) < 4.78 is 10.7. The van der Waals surface area contributed by atoms with Gasteiger partial charge in [-0.05, 0) is 23.8 Å². The van der Waals surface area contributed by atoms with Crippen molar-refractivity contribution in [3.8, 4) is 16.9 Å². The predicted octanol–water partition coefficient (Wildman–Crippen LogP) is 2.83. The number of nitrogens with zero attached hydrogens (tertiary/aromatic N) is 1. The van der Waals surface area contributed by atoms with E-state index in [1.807, 2.05) is 48.5 Å². The number of amides is 2. The van der Waals surface area contributed by atoms with Crippen LogP contribution in [0, 0.1) is 5.92 Å². The normalized spacial score (nSPS) is 17.5. The quantitative estimate of drug-likeness (QED) is 0.884. The molecule has 0 aliphatic carbocycles. The smallest absolute Gasteiger partial charge is 0.321 e. The minimum Gasteiger partial charge on any atom is -0.497 e. The monoisotopic (exact) mass is 356 g/mol. The van der Waals surface area contributed by atoms with Crippen LogP contribution in [-0.2, 0) is 4.74 Å². The van der Waals surface area contributed by atoms with Gasteiger partial charge in [-0.2, -0.15) is 0 Å². The number of aliphatic hydroxyl groups excluding tert-OH is 1. The number of urea groups is 1. The SMILES string of the molecule is COc1cccc(-c2ccccc2NC(=O)N2CCOCC(CO)C2)c1. The average Bonchev–Trinajstić information content (AvgIpc) is 2.94. The van der Waals surface area contributed by atoms with Gasteiger partial charge >= 0.3 is 6.03 Å². The molecule has 1 atom stereocenters. The number of ether oxygens (including phenoxy) is 2. The predicted molar refractivity (Wildman–Crippen MR) is 100 cm³/mol. The molecule has 1 aliphatic rings. The van der Waals surface area contributed by atoms with Crippen LogP contribution < -0.4 is 10.1 Å². The molecular formula is C20H24N2O4. The molecule has 2 N–H and O–H groups in total. The first kappa shape index (κ1) is 18.2.